The number of aromatic carboxylic acids is 1. The molecule has 1 aliphatic carbocycles. The summed E-state index contributed by atoms with van der Waals surface area (Å²) in [6.07, 6.45) is -9.49. The number of carboxylic acids is 1. The molecule has 196 valence electrons. The fourth-order valence-corrected chi connectivity index (χ4v) is 3.93. The van der Waals surface area contributed by atoms with Gasteiger partial charge >= 0.3 is 12.1 Å². The number of anilines is 1. The van der Waals surface area contributed by atoms with Gasteiger partial charge in [0, 0.05) is 28.6 Å². The van der Waals surface area contributed by atoms with Gasteiger partial charge in [0.1, 0.15) is 11.6 Å². The summed E-state index contributed by atoms with van der Waals surface area (Å²) in [7, 11) is 0. The van der Waals surface area contributed by atoms with Gasteiger partial charge in [0.2, 0.25) is 5.91 Å². The summed E-state index contributed by atoms with van der Waals surface area (Å²) in [6.45, 7) is 0. The maximum atomic E-state index is 15.0. The van der Waals surface area contributed by atoms with Crippen molar-refractivity contribution in [3.8, 4) is 11.1 Å². The summed E-state index contributed by atoms with van der Waals surface area (Å²) in [5.74, 6) is -5.08. The zero-order chi connectivity index (χ0) is 27.3. The van der Waals surface area contributed by atoms with Crippen molar-refractivity contribution >= 4 is 17.6 Å². The lowest BCUT2D eigenvalue weighted by Gasteiger charge is -2.18. The van der Waals surface area contributed by atoms with Crippen LogP contribution in [0.1, 0.15) is 40.6 Å². The van der Waals surface area contributed by atoms with Gasteiger partial charge in [-0.05, 0) is 37.1 Å². The van der Waals surface area contributed by atoms with E-state index in [1.165, 1.54) is 0 Å². The van der Waals surface area contributed by atoms with Crippen LogP contribution in [0.4, 0.5) is 40.8 Å². The molecule has 37 heavy (non-hydrogen) atoms. The van der Waals surface area contributed by atoms with Crippen LogP contribution in [0.15, 0.2) is 42.7 Å². The largest absolute Gasteiger partial charge is 0.478 e. The molecule has 0 saturated heterocycles. The molecule has 1 unspecified atom stereocenters. The molecule has 1 heterocycles. The first kappa shape index (κ1) is 26.1. The van der Waals surface area contributed by atoms with Crippen LogP contribution in [0.2, 0.25) is 0 Å². The van der Waals surface area contributed by atoms with Crippen molar-refractivity contribution in [1.29, 1.82) is 0 Å². The van der Waals surface area contributed by atoms with Gasteiger partial charge in [0.25, 0.3) is 12.7 Å². The molecule has 14 heteroatoms. The summed E-state index contributed by atoms with van der Waals surface area (Å²) in [4.78, 5) is 24.7. The topological polar surface area (TPSA) is 84.2 Å². The van der Waals surface area contributed by atoms with Crippen LogP contribution < -0.4 is 5.32 Å². The van der Waals surface area contributed by atoms with Crippen molar-refractivity contribution in [1.82, 2.24) is 9.78 Å². The van der Waals surface area contributed by atoms with Gasteiger partial charge in [-0.15, -0.1) is 0 Å². The standard InChI is InChI=1S/C23H15F8N3O3/c24-15-5-11(23(29,30)31)1-2-14(15)22(3-4-22)21(37)33-12-6-13(20(35)36)17(16(25)7-12)10-8-32-34(9-10)19(28)18(26)27/h1-2,5-9,18-19H,3-4H2,(H,33,37)(H,35,36). The molecule has 1 amide bonds. The van der Waals surface area contributed by atoms with Crippen molar-refractivity contribution in [3.63, 3.8) is 0 Å². The summed E-state index contributed by atoms with van der Waals surface area (Å²) in [6, 6.07) is 3.27. The number of hydrogen-bond acceptors (Lipinski definition) is 3. The summed E-state index contributed by atoms with van der Waals surface area (Å²) < 4.78 is 107. The average Bonchev–Trinajstić information content (AvgIpc) is 3.47. The number of nitrogens with zero attached hydrogens (tertiary/aromatic N) is 2. The molecule has 0 bridgehead atoms. The van der Waals surface area contributed by atoms with E-state index >= 15 is 0 Å². The smallest absolute Gasteiger partial charge is 0.416 e. The van der Waals surface area contributed by atoms with E-state index in [0.717, 1.165) is 18.3 Å². The number of rotatable bonds is 7. The third kappa shape index (κ3) is 4.87. The van der Waals surface area contributed by atoms with E-state index in [9.17, 15) is 49.8 Å². The predicted octanol–water partition coefficient (Wildman–Crippen LogP) is 5.95. The molecule has 2 N–H and O–H groups in total. The number of carboxylic acid groups (broad SMARTS) is 1. The van der Waals surface area contributed by atoms with Gasteiger partial charge in [-0.3, -0.25) is 4.79 Å². The molecule has 3 aromatic rings. The minimum atomic E-state index is -4.80. The zero-order valence-electron chi connectivity index (χ0n) is 18.3. The highest BCUT2D eigenvalue weighted by Gasteiger charge is 2.53. The molecule has 1 saturated carbocycles. The van der Waals surface area contributed by atoms with Gasteiger partial charge in [-0.1, -0.05) is 6.07 Å². The Kier molecular flexibility index (Phi) is 6.46. The first-order chi connectivity index (χ1) is 17.2. The molecule has 0 aliphatic heterocycles. The third-order valence-corrected chi connectivity index (χ3v) is 5.93. The Balaban J connectivity index is 1.64. The number of carbonyl (C=O) groups is 2. The van der Waals surface area contributed by atoms with Crippen LogP contribution in [0.25, 0.3) is 11.1 Å². The molecular weight excluding hydrogens is 518 g/mol. The molecular formula is C23H15F8N3O3. The molecule has 2 aromatic carbocycles. The normalized spacial score (nSPS) is 15.5. The first-order valence-electron chi connectivity index (χ1n) is 10.5. The Hall–Kier alpha value is -3.97. The number of aromatic nitrogens is 2. The van der Waals surface area contributed by atoms with Crippen LogP contribution in [-0.4, -0.2) is 33.2 Å². The van der Waals surface area contributed by atoms with Crippen LogP contribution in [-0.2, 0) is 16.4 Å². The van der Waals surface area contributed by atoms with Crippen molar-refractivity contribution in [2.45, 2.75) is 37.2 Å². The molecule has 6 nitrogen and oxygen atoms in total. The number of benzene rings is 2. The van der Waals surface area contributed by atoms with E-state index in [-0.39, 0.29) is 40.4 Å². The van der Waals surface area contributed by atoms with Gasteiger partial charge in [-0.2, -0.15) is 18.3 Å². The summed E-state index contributed by atoms with van der Waals surface area (Å²) in [5.41, 5.74) is -5.14. The number of amides is 1. The van der Waals surface area contributed by atoms with Crippen molar-refractivity contribution < 1.29 is 49.8 Å². The van der Waals surface area contributed by atoms with Gasteiger partial charge in [-0.25, -0.2) is 31.4 Å². The molecule has 0 radical (unpaired) electrons. The summed E-state index contributed by atoms with van der Waals surface area (Å²) in [5, 5.41) is 15.2. The second-order valence-corrected chi connectivity index (χ2v) is 8.33. The zero-order valence-corrected chi connectivity index (χ0v) is 18.3. The van der Waals surface area contributed by atoms with Crippen LogP contribution in [0.5, 0.6) is 0 Å². The number of nitrogens with one attached hydrogen (secondary N) is 1. The Morgan fingerprint density at radius 1 is 1.05 bits per heavy atom. The van der Waals surface area contributed by atoms with Gasteiger partial charge in [0.15, 0.2) is 0 Å². The lowest BCUT2D eigenvalue weighted by molar-refractivity contribution is -0.137. The van der Waals surface area contributed by atoms with Crippen LogP contribution in [0.3, 0.4) is 0 Å². The van der Waals surface area contributed by atoms with E-state index < -0.39 is 64.5 Å². The SMILES string of the molecule is O=C(O)c1cc(NC(=O)C2(c3ccc(C(F)(F)F)cc3F)CC2)cc(F)c1-c1cnn(C(F)C(F)F)c1. The van der Waals surface area contributed by atoms with E-state index in [4.69, 9.17) is 0 Å². The second-order valence-electron chi connectivity index (χ2n) is 8.33. The Labute approximate surface area is 202 Å². The van der Waals surface area contributed by atoms with Gasteiger partial charge < -0.3 is 10.4 Å². The van der Waals surface area contributed by atoms with Gasteiger partial charge in [0.05, 0.1) is 22.7 Å². The number of carbonyl (C=O) groups excluding carboxylic acids is 1. The van der Waals surface area contributed by atoms with Crippen molar-refractivity contribution in [3.05, 3.63) is 71.1 Å². The van der Waals surface area contributed by atoms with Crippen molar-refractivity contribution in [2.75, 3.05) is 5.32 Å². The Morgan fingerprint density at radius 3 is 2.27 bits per heavy atom. The molecule has 0 spiro atoms. The third-order valence-electron chi connectivity index (χ3n) is 5.93. The van der Waals surface area contributed by atoms with E-state index in [2.05, 4.69) is 10.4 Å². The lowest BCUT2D eigenvalue weighted by Crippen LogP contribution is -2.29. The fraction of sp³-hybridized carbons (Fsp3) is 0.261. The predicted molar refractivity (Wildman–Crippen MR) is 112 cm³/mol. The molecule has 1 atom stereocenters. The van der Waals surface area contributed by atoms with E-state index in [1.54, 1.807) is 0 Å². The number of hydrogen-bond donors (Lipinski definition) is 2. The minimum absolute atomic E-state index is 0.0706. The highest BCUT2D eigenvalue weighted by molar-refractivity contribution is 6.03. The first-order valence-corrected chi connectivity index (χ1v) is 10.5. The quantitative estimate of drug-likeness (QED) is 0.368. The second kappa shape index (κ2) is 9.16. The fourth-order valence-electron chi connectivity index (χ4n) is 3.93. The minimum Gasteiger partial charge on any atom is -0.478 e. The maximum absolute atomic E-state index is 15.0. The Morgan fingerprint density at radius 2 is 1.73 bits per heavy atom. The molecule has 1 aromatic heterocycles. The molecule has 1 fully saturated rings. The lowest BCUT2D eigenvalue weighted by atomic mass is 9.93. The van der Waals surface area contributed by atoms with Crippen LogP contribution >= 0.6 is 0 Å². The van der Waals surface area contributed by atoms with Crippen LogP contribution in [0, 0.1) is 11.6 Å². The maximum Gasteiger partial charge on any atom is 0.416 e. The highest BCUT2D eigenvalue weighted by atomic mass is 19.4. The van der Waals surface area contributed by atoms with E-state index in [0.29, 0.717) is 18.3 Å². The number of halogens is 8. The Bertz CT molecular complexity index is 1380. The van der Waals surface area contributed by atoms with E-state index in [1.807, 2.05) is 0 Å². The highest BCUT2D eigenvalue weighted by Crippen LogP contribution is 2.50. The number of alkyl halides is 6. The van der Waals surface area contributed by atoms with Crippen molar-refractivity contribution in [2.24, 2.45) is 0 Å². The monoisotopic (exact) mass is 533 g/mol. The molecule has 1 aliphatic rings. The summed E-state index contributed by atoms with van der Waals surface area (Å²) >= 11 is 0. The molecule has 4 rings (SSSR count). The average molecular weight is 533 g/mol.